The van der Waals surface area contributed by atoms with Crippen LogP contribution in [0.2, 0.25) is 0 Å². The van der Waals surface area contributed by atoms with Crippen molar-refractivity contribution in [3.8, 4) is 17.2 Å². The minimum absolute atomic E-state index is 0.595. The Kier molecular flexibility index (Phi) is 4.47. The summed E-state index contributed by atoms with van der Waals surface area (Å²) in [7, 11) is 4.85. The van der Waals surface area contributed by atoms with Crippen molar-refractivity contribution in [2.24, 2.45) is 0 Å². The Bertz CT molecular complexity index is 1120. The van der Waals surface area contributed by atoms with Gasteiger partial charge in [0.25, 0.3) is 0 Å². The summed E-state index contributed by atoms with van der Waals surface area (Å²) in [5, 5.41) is 2.45. The second-order valence-corrected chi connectivity index (χ2v) is 6.27. The van der Waals surface area contributed by atoms with Crippen LogP contribution in [-0.4, -0.2) is 26.3 Å². The number of hydrogen-bond acceptors (Lipinski definition) is 3. The van der Waals surface area contributed by atoms with Gasteiger partial charge in [-0.2, -0.15) is 0 Å². The van der Waals surface area contributed by atoms with Crippen LogP contribution in [-0.2, 0) is 0 Å². The van der Waals surface area contributed by atoms with Crippen molar-refractivity contribution < 1.29 is 14.2 Å². The van der Waals surface area contributed by atoms with Crippen LogP contribution >= 0.6 is 0 Å². The van der Waals surface area contributed by atoms with Gasteiger partial charge in [0.1, 0.15) is 0 Å². The fraction of sp³-hybridized carbons (Fsp3) is 0.130. The zero-order valence-electron chi connectivity index (χ0n) is 15.6. The van der Waals surface area contributed by atoms with Crippen molar-refractivity contribution >= 4 is 34.0 Å². The number of nitrogens with one attached hydrogen (secondary N) is 1. The lowest BCUT2D eigenvalue weighted by atomic mass is 10.1. The molecule has 4 heteroatoms. The van der Waals surface area contributed by atoms with Crippen LogP contribution in [0.1, 0.15) is 11.1 Å². The number of benzene rings is 3. The molecule has 0 amide bonds. The molecule has 0 aliphatic rings. The van der Waals surface area contributed by atoms with E-state index < -0.39 is 0 Å². The van der Waals surface area contributed by atoms with Crippen molar-refractivity contribution in [1.29, 1.82) is 0 Å². The Balaban J connectivity index is 1.73. The number of ether oxygens (including phenoxy) is 3. The molecule has 4 nitrogen and oxygen atoms in total. The monoisotopic (exact) mass is 359 g/mol. The van der Waals surface area contributed by atoms with E-state index in [0.717, 1.165) is 22.2 Å². The average molecular weight is 359 g/mol. The molecule has 0 saturated carbocycles. The van der Waals surface area contributed by atoms with Gasteiger partial charge in [0, 0.05) is 21.8 Å². The highest BCUT2D eigenvalue weighted by Gasteiger charge is 2.12. The number of para-hydroxylation sites is 1. The molecule has 0 aliphatic heterocycles. The molecular formula is C23H21NO3. The molecular weight excluding hydrogens is 338 g/mol. The summed E-state index contributed by atoms with van der Waals surface area (Å²) in [5.41, 5.74) is 4.39. The lowest BCUT2D eigenvalue weighted by Crippen LogP contribution is -1.95. The lowest BCUT2D eigenvalue weighted by Gasteiger charge is -2.12. The topological polar surface area (TPSA) is 43.5 Å². The third kappa shape index (κ3) is 3.10. The first kappa shape index (κ1) is 17.0. The average Bonchev–Trinajstić information content (AvgIpc) is 3.09. The van der Waals surface area contributed by atoms with Crippen molar-refractivity contribution in [3.05, 3.63) is 65.7 Å². The predicted molar refractivity (Wildman–Crippen MR) is 111 cm³/mol. The van der Waals surface area contributed by atoms with Crippen LogP contribution < -0.4 is 14.2 Å². The highest BCUT2D eigenvalue weighted by atomic mass is 16.5. The van der Waals surface area contributed by atoms with Gasteiger partial charge in [0.2, 0.25) is 5.75 Å². The fourth-order valence-corrected chi connectivity index (χ4v) is 3.36. The van der Waals surface area contributed by atoms with Crippen LogP contribution in [0.4, 0.5) is 0 Å². The first-order chi connectivity index (χ1) is 13.2. The number of H-pyrrole nitrogens is 1. The molecule has 136 valence electrons. The maximum atomic E-state index is 5.42. The van der Waals surface area contributed by atoms with Crippen LogP contribution in [0.15, 0.2) is 54.6 Å². The molecule has 4 aromatic rings. The molecule has 1 N–H and O–H groups in total. The standard InChI is InChI=1S/C23H21NO3/c1-25-21-13-16(14-22(26-2)23(21)27-3)9-8-15-10-11-20-18(12-15)17-6-4-5-7-19(17)24-20/h4-14,24H,1-3H3/b9-8+. The first-order valence-corrected chi connectivity index (χ1v) is 8.72. The molecule has 0 bridgehead atoms. The molecule has 1 heterocycles. The van der Waals surface area contributed by atoms with Gasteiger partial charge in [-0.3, -0.25) is 0 Å². The van der Waals surface area contributed by atoms with Crippen molar-refractivity contribution in [2.75, 3.05) is 21.3 Å². The number of rotatable bonds is 5. The van der Waals surface area contributed by atoms with Gasteiger partial charge < -0.3 is 19.2 Å². The predicted octanol–water partition coefficient (Wildman–Crippen LogP) is 5.52. The summed E-state index contributed by atoms with van der Waals surface area (Å²) < 4.78 is 16.2. The smallest absolute Gasteiger partial charge is 0.203 e. The van der Waals surface area contributed by atoms with Gasteiger partial charge in [-0.1, -0.05) is 36.4 Å². The molecule has 27 heavy (non-hydrogen) atoms. The summed E-state index contributed by atoms with van der Waals surface area (Å²) in [4.78, 5) is 3.45. The Morgan fingerprint density at radius 3 is 2.04 bits per heavy atom. The van der Waals surface area contributed by atoms with Gasteiger partial charge in [-0.25, -0.2) is 0 Å². The van der Waals surface area contributed by atoms with E-state index in [1.807, 2.05) is 24.3 Å². The fourth-order valence-electron chi connectivity index (χ4n) is 3.36. The maximum absolute atomic E-state index is 5.42. The zero-order chi connectivity index (χ0) is 18.8. The number of fused-ring (bicyclic) bond motifs is 3. The van der Waals surface area contributed by atoms with Crippen molar-refractivity contribution in [3.63, 3.8) is 0 Å². The Morgan fingerprint density at radius 2 is 1.33 bits per heavy atom. The summed E-state index contributed by atoms with van der Waals surface area (Å²) in [6.45, 7) is 0. The van der Waals surface area contributed by atoms with Crippen molar-refractivity contribution in [2.45, 2.75) is 0 Å². The lowest BCUT2D eigenvalue weighted by molar-refractivity contribution is 0.324. The largest absolute Gasteiger partial charge is 0.493 e. The normalized spacial score (nSPS) is 11.4. The molecule has 0 spiro atoms. The van der Waals surface area contributed by atoms with Crippen LogP contribution in [0, 0.1) is 0 Å². The van der Waals surface area contributed by atoms with Gasteiger partial charge in [-0.15, -0.1) is 0 Å². The molecule has 4 rings (SSSR count). The Morgan fingerprint density at radius 1 is 0.667 bits per heavy atom. The summed E-state index contributed by atoms with van der Waals surface area (Å²) in [6, 6.07) is 18.6. The highest BCUT2D eigenvalue weighted by molar-refractivity contribution is 6.07. The van der Waals surface area contributed by atoms with E-state index in [4.69, 9.17) is 14.2 Å². The SMILES string of the molecule is COc1cc(/C=C/c2ccc3[nH]c4ccccc4c3c2)cc(OC)c1OC. The Labute approximate surface area is 158 Å². The van der Waals surface area contributed by atoms with E-state index >= 15 is 0 Å². The third-order valence-electron chi connectivity index (χ3n) is 4.69. The van der Waals surface area contributed by atoms with Gasteiger partial charge in [0.05, 0.1) is 21.3 Å². The summed E-state index contributed by atoms with van der Waals surface area (Å²) in [6.07, 6.45) is 4.13. The molecule has 0 radical (unpaired) electrons. The van der Waals surface area contributed by atoms with Gasteiger partial charge >= 0.3 is 0 Å². The van der Waals surface area contributed by atoms with E-state index in [0.29, 0.717) is 17.2 Å². The van der Waals surface area contributed by atoms with E-state index in [-0.39, 0.29) is 0 Å². The molecule has 0 atom stereocenters. The second kappa shape index (κ2) is 7.08. The van der Waals surface area contributed by atoms with Crippen LogP contribution in [0.25, 0.3) is 34.0 Å². The van der Waals surface area contributed by atoms with Crippen LogP contribution in [0.3, 0.4) is 0 Å². The second-order valence-electron chi connectivity index (χ2n) is 6.27. The van der Waals surface area contributed by atoms with E-state index in [9.17, 15) is 0 Å². The number of methoxy groups -OCH3 is 3. The van der Waals surface area contributed by atoms with E-state index in [1.165, 1.54) is 10.8 Å². The molecule has 0 unspecified atom stereocenters. The molecule has 0 fully saturated rings. The number of aromatic nitrogens is 1. The van der Waals surface area contributed by atoms with Crippen LogP contribution in [0.5, 0.6) is 17.2 Å². The first-order valence-electron chi connectivity index (χ1n) is 8.72. The van der Waals surface area contributed by atoms with Crippen molar-refractivity contribution in [1.82, 2.24) is 4.98 Å². The molecule has 0 aliphatic carbocycles. The van der Waals surface area contributed by atoms with Gasteiger partial charge in [0.15, 0.2) is 11.5 Å². The third-order valence-corrected chi connectivity index (χ3v) is 4.69. The molecule has 3 aromatic carbocycles. The minimum atomic E-state index is 0.595. The Hall–Kier alpha value is -3.40. The van der Waals surface area contributed by atoms with Gasteiger partial charge in [-0.05, 0) is 41.5 Å². The molecule has 0 saturated heterocycles. The summed E-state index contributed by atoms with van der Waals surface area (Å²) in [5.74, 6) is 1.88. The number of aromatic amines is 1. The number of hydrogen-bond donors (Lipinski definition) is 1. The van der Waals surface area contributed by atoms with E-state index in [1.54, 1.807) is 21.3 Å². The van der Waals surface area contributed by atoms with E-state index in [2.05, 4.69) is 47.5 Å². The highest BCUT2D eigenvalue weighted by Crippen LogP contribution is 2.38. The zero-order valence-corrected chi connectivity index (χ0v) is 15.6. The minimum Gasteiger partial charge on any atom is -0.493 e. The quantitative estimate of drug-likeness (QED) is 0.477. The summed E-state index contributed by atoms with van der Waals surface area (Å²) >= 11 is 0. The molecule has 1 aromatic heterocycles. The maximum Gasteiger partial charge on any atom is 0.203 e.